The molecule has 1 saturated heterocycles. The van der Waals surface area contributed by atoms with Crippen molar-refractivity contribution in [3.05, 3.63) is 0 Å². The van der Waals surface area contributed by atoms with Crippen LogP contribution in [0.15, 0.2) is 0 Å². The number of rotatable bonds is 4. The first-order chi connectivity index (χ1) is 8.79. The molecule has 0 saturated carbocycles. The lowest BCUT2D eigenvalue weighted by Gasteiger charge is -2.31. The van der Waals surface area contributed by atoms with Crippen molar-refractivity contribution < 1.29 is 19.5 Å². The third-order valence-corrected chi connectivity index (χ3v) is 3.46. The molecule has 1 fully saturated rings. The van der Waals surface area contributed by atoms with Crippen LogP contribution in [-0.2, 0) is 9.59 Å². The highest BCUT2D eigenvalue weighted by Gasteiger charge is 2.45. The molecule has 3 amide bonds. The Bertz CT molecular complexity index is 383. The normalized spacial score (nSPS) is 22.2. The Hall–Kier alpha value is -1.79. The highest BCUT2D eigenvalue weighted by Crippen LogP contribution is 2.29. The van der Waals surface area contributed by atoms with Crippen molar-refractivity contribution in [2.75, 3.05) is 27.2 Å². The zero-order chi connectivity index (χ0) is 14.6. The number of nitrogens with one attached hydrogen (secondary N) is 1. The third kappa shape index (κ3) is 3.36. The summed E-state index contributed by atoms with van der Waals surface area (Å²) < 4.78 is 0. The van der Waals surface area contributed by atoms with Crippen LogP contribution < -0.4 is 5.32 Å². The molecule has 0 radical (unpaired) electrons. The Morgan fingerprint density at radius 1 is 1.37 bits per heavy atom. The highest BCUT2D eigenvalue weighted by atomic mass is 16.4. The number of carbonyl (C=O) groups is 3. The van der Waals surface area contributed by atoms with Crippen molar-refractivity contribution in [2.45, 2.75) is 31.7 Å². The number of carboxylic acids is 1. The summed E-state index contributed by atoms with van der Waals surface area (Å²) >= 11 is 0. The minimum absolute atomic E-state index is 0.0808. The number of nitrogens with zero attached hydrogens (tertiary/aromatic N) is 2. The molecule has 1 heterocycles. The van der Waals surface area contributed by atoms with Crippen molar-refractivity contribution in [1.29, 1.82) is 0 Å². The van der Waals surface area contributed by atoms with E-state index in [1.165, 1.54) is 9.80 Å². The van der Waals surface area contributed by atoms with E-state index >= 15 is 0 Å². The van der Waals surface area contributed by atoms with Crippen LogP contribution in [0.4, 0.5) is 4.79 Å². The first kappa shape index (κ1) is 15.3. The lowest BCUT2D eigenvalue weighted by Crippen LogP contribution is -2.54. The van der Waals surface area contributed by atoms with Crippen molar-refractivity contribution in [1.82, 2.24) is 15.1 Å². The second kappa shape index (κ2) is 5.90. The van der Waals surface area contributed by atoms with Crippen LogP contribution >= 0.6 is 0 Å². The zero-order valence-electron chi connectivity index (χ0n) is 11.6. The van der Waals surface area contributed by atoms with E-state index in [0.717, 1.165) is 0 Å². The van der Waals surface area contributed by atoms with Gasteiger partial charge in [-0.3, -0.25) is 4.79 Å². The van der Waals surface area contributed by atoms with Crippen molar-refractivity contribution in [3.63, 3.8) is 0 Å². The molecule has 19 heavy (non-hydrogen) atoms. The van der Waals surface area contributed by atoms with Crippen LogP contribution in [0.5, 0.6) is 0 Å². The van der Waals surface area contributed by atoms with Crippen LogP contribution in [0.1, 0.15) is 26.2 Å². The van der Waals surface area contributed by atoms with Gasteiger partial charge < -0.3 is 20.2 Å². The smallest absolute Gasteiger partial charge is 0.329 e. The maximum Gasteiger partial charge on any atom is 0.329 e. The fourth-order valence-corrected chi connectivity index (χ4v) is 2.11. The molecular formula is C12H21N3O4. The van der Waals surface area contributed by atoms with Gasteiger partial charge in [-0.2, -0.15) is 0 Å². The number of carboxylic acid groups (broad SMARTS) is 1. The Balaban J connectivity index is 2.50. The van der Waals surface area contributed by atoms with Crippen molar-refractivity contribution in [2.24, 2.45) is 0 Å². The molecule has 1 rings (SSSR count). The molecule has 1 atom stereocenters. The van der Waals surface area contributed by atoms with Gasteiger partial charge in [-0.25, -0.2) is 9.59 Å². The van der Waals surface area contributed by atoms with Crippen LogP contribution in [0.2, 0.25) is 0 Å². The van der Waals surface area contributed by atoms with Gasteiger partial charge in [-0.05, 0) is 19.8 Å². The Morgan fingerprint density at radius 2 is 2.00 bits per heavy atom. The van der Waals surface area contributed by atoms with E-state index in [9.17, 15) is 19.5 Å². The van der Waals surface area contributed by atoms with E-state index in [1.807, 2.05) is 0 Å². The SMILES string of the molecule is CN(C)C(=O)CCNC(=O)N1CCCC1(C)C(=O)O. The summed E-state index contributed by atoms with van der Waals surface area (Å²) in [5.74, 6) is -1.08. The van der Waals surface area contributed by atoms with E-state index < -0.39 is 17.5 Å². The Labute approximate surface area is 112 Å². The minimum Gasteiger partial charge on any atom is -0.480 e. The number of hydrogen-bond acceptors (Lipinski definition) is 3. The van der Waals surface area contributed by atoms with Gasteiger partial charge >= 0.3 is 12.0 Å². The van der Waals surface area contributed by atoms with E-state index in [2.05, 4.69) is 5.32 Å². The molecular weight excluding hydrogens is 250 g/mol. The standard InChI is InChI=1S/C12H21N3O4/c1-12(10(17)18)6-4-8-15(12)11(19)13-7-5-9(16)14(2)3/h4-8H2,1-3H3,(H,13,19)(H,17,18). The topological polar surface area (TPSA) is 90.0 Å². The van der Waals surface area contributed by atoms with Gasteiger partial charge in [0.15, 0.2) is 0 Å². The predicted molar refractivity (Wildman–Crippen MR) is 68.7 cm³/mol. The monoisotopic (exact) mass is 271 g/mol. The van der Waals surface area contributed by atoms with Gasteiger partial charge in [-0.15, -0.1) is 0 Å². The fraction of sp³-hybridized carbons (Fsp3) is 0.750. The molecule has 7 nitrogen and oxygen atoms in total. The molecule has 1 aliphatic heterocycles. The first-order valence-corrected chi connectivity index (χ1v) is 6.28. The van der Waals surface area contributed by atoms with Gasteiger partial charge in [-0.1, -0.05) is 0 Å². The maximum atomic E-state index is 11.9. The molecule has 0 aliphatic carbocycles. The molecule has 0 aromatic carbocycles. The number of aliphatic carboxylic acids is 1. The molecule has 0 aromatic rings. The van der Waals surface area contributed by atoms with E-state index in [-0.39, 0.29) is 18.9 Å². The lowest BCUT2D eigenvalue weighted by molar-refractivity contribution is -0.147. The molecule has 0 bridgehead atoms. The molecule has 0 aromatic heterocycles. The Morgan fingerprint density at radius 3 is 2.53 bits per heavy atom. The first-order valence-electron chi connectivity index (χ1n) is 6.28. The Kier molecular flexibility index (Phi) is 4.74. The summed E-state index contributed by atoms with van der Waals surface area (Å²) in [7, 11) is 3.29. The molecule has 2 N–H and O–H groups in total. The van der Waals surface area contributed by atoms with Crippen molar-refractivity contribution in [3.8, 4) is 0 Å². The minimum atomic E-state index is -1.14. The summed E-state index contributed by atoms with van der Waals surface area (Å²) in [6.07, 6.45) is 1.33. The van der Waals surface area contributed by atoms with Gasteiger partial charge in [0.2, 0.25) is 5.91 Å². The fourth-order valence-electron chi connectivity index (χ4n) is 2.11. The molecule has 108 valence electrons. The van der Waals surface area contributed by atoms with E-state index in [0.29, 0.717) is 19.4 Å². The van der Waals surface area contributed by atoms with E-state index in [4.69, 9.17) is 0 Å². The highest BCUT2D eigenvalue weighted by molar-refractivity contribution is 5.87. The van der Waals surface area contributed by atoms with E-state index in [1.54, 1.807) is 21.0 Å². The average Bonchev–Trinajstić information content (AvgIpc) is 2.72. The second-order valence-corrected chi connectivity index (χ2v) is 5.10. The number of carbonyl (C=O) groups excluding carboxylic acids is 2. The lowest BCUT2D eigenvalue weighted by atomic mass is 10.00. The summed E-state index contributed by atoms with van der Waals surface area (Å²) in [6.45, 7) is 2.19. The molecule has 1 aliphatic rings. The van der Waals surface area contributed by atoms with Gasteiger partial charge in [0.05, 0.1) is 0 Å². The maximum absolute atomic E-state index is 11.9. The van der Waals surface area contributed by atoms with Crippen molar-refractivity contribution >= 4 is 17.9 Å². The quantitative estimate of drug-likeness (QED) is 0.759. The summed E-state index contributed by atoms with van der Waals surface area (Å²) in [5, 5.41) is 11.8. The number of amides is 3. The summed E-state index contributed by atoms with van der Waals surface area (Å²) in [4.78, 5) is 37.3. The molecule has 0 spiro atoms. The summed E-state index contributed by atoms with van der Waals surface area (Å²) in [6, 6.07) is -0.422. The molecule has 1 unspecified atom stereocenters. The van der Waals surface area contributed by atoms with Crippen LogP contribution in [0.3, 0.4) is 0 Å². The largest absolute Gasteiger partial charge is 0.480 e. The second-order valence-electron chi connectivity index (χ2n) is 5.10. The average molecular weight is 271 g/mol. The van der Waals surface area contributed by atoms with Gasteiger partial charge in [0, 0.05) is 33.6 Å². The number of urea groups is 1. The zero-order valence-corrected chi connectivity index (χ0v) is 11.6. The van der Waals surface area contributed by atoms with Crippen LogP contribution in [-0.4, -0.2) is 65.5 Å². The predicted octanol–water partition coefficient (Wildman–Crippen LogP) is 0.113. The van der Waals surface area contributed by atoms with Crippen LogP contribution in [0, 0.1) is 0 Å². The third-order valence-electron chi connectivity index (χ3n) is 3.46. The van der Waals surface area contributed by atoms with Crippen LogP contribution in [0.25, 0.3) is 0 Å². The number of likely N-dealkylation sites (tertiary alicyclic amines) is 1. The number of hydrogen-bond donors (Lipinski definition) is 2. The van der Waals surface area contributed by atoms with Gasteiger partial charge in [0.1, 0.15) is 5.54 Å². The van der Waals surface area contributed by atoms with Gasteiger partial charge in [0.25, 0.3) is 0 Å². The molecule has 7 heteroatoms. The summed E-state index contributed by atoms with van der Waals surface area (Å²) in [5.41, 5.74) is -1.14.